The van der Waals surface area contributed by atoms with E-state index < -0.39 is 55.1 Å². The van der Waals surface area contributed by atoms with Gasteiger partial charge in [-0.25, -0.2) is 38.3 Å². The molecule has 15 heteroatoms. The van der Waals surface area contributed by atoms with Crippen LogP contribution in [-0.2, 0) is 30.0 Å². The van der Waals surface area contributed by atoms with Crippen molar-refractivity contribution in [2.45, 2.75) is 158 Å². The fourth-order valence-electron chi connectivity index (χ4n) is 5.39. The minimum atomic E-state index is -2.10. The van der Waals surface area contributed by atoms with Crippen molar-refractivity contribution in [3.63, 3.8) is 0 Å². The van der Waals surface area contributed by atoms with Crippen LogP contribution in [0.4, 0.5) is 25.0 Å². The maximum Gasteiger partial charge on any atom is 0.425 e. The molecule has 0 atom stereocenters. The molecular weight excluding hydrogens is 747 g/mol. The average Bonchev–Trinajstić information content (AvgIpc) is 3.52. The second kappa shape index (κ2) is 15.2. The number of aryl methyl sites for hydroxylation is 1. The summed E-state index contributed by atoms with van der Waals surface area (Å²) in [5.41, 5.74) is -1.72. The van der Waals surface area contributed by atoms with Gasteiger partial charge in [0.15, 0.2) is 19.8 Å². The first kappa shape index (κ1) is 44.9. The molecule has 0 spiro atoms. The summed E-state index contributed by atoms with van der Waals surface area (Å²) in [5.74, 6) is -0.0496. The Balaban J connectivity index is 2.12. The van der Waals surface area contributed by atoms with Gasteiger partial charge in [-0.15, -0.1) is 0 Å². The number of fused-ring (bicyclic) bond motifs is 2. The Hall–Kier alpha value is -4.76. The van der Waals surface area contributed by atoms with Crippen LogP contribution in [0.1, 0.15) is 115 Å². The summed E-state index contributed by atoms with van der Waals surface area (Å²) in [5, 5.41) is 0.681. The van der Waals surface area contributed by atoms with E-state index in [1.54, 1.807) is 96.1 Å². The number of benzene rings is 1. The molecule has 4 rings (SSSR count). The Kier molecular flexibility index (Phi) is 12.0. The van der Waals surface area contributed by atoms with Crippen LogP contribution >= 0.6 is 0 Å². The fraction of sp³-hybridized carbons (Fsp3) is 0.571. The van der Waals surface area contributed by atoms with Crippen LogP contribution in [0.2, 0.25) is 18.1 Å². The average molecular weight is 808 g/mol. The van der Waals surface area contributed by atoms with Gasteiger partial charge in [0.1, 0.15) is 33.7 Å². The van der Waals surface area contributed by atoms with Crippen LogP contribution in [0, 0.1) is 6.92 Å². The maximum absolute atomic E-state index is 14.3. The predicted octanol–water partition coefficient (Wildman–Crippen LogP) is 11.1. The molecule has 0 fully saturated rings. The molecule has 0 saturated heterocycles. The van der Waals surface area contributed by atoms with Crippen LogP contribution in [0.15, 0.2) is 30.3 Å². The third-order valence-electron chi connectivity index (χ3n) is 8.85. The van der Waals surface area contributed by atoms with E-state index in [0.29, 0.717) is 22.4 Å². The topological polar surface area (TPSA) is 153 Å². The summed E-state index contributed by atoms with van der Waals surface area (Å²) in [6.45, 7) is 33.3. The number of imidazole rings is 1. The van der Waals surface area contributed by atoms with E-state index >= 15 is 0 Å². The molecule has 4 aromatic rings. The third kappa shape index (κ3) is 10.8. The highest BCUT2D eigenvalue weighted by Crippen LogP contribution is 2.39. The number of hydrogen-bond donors (Lipinski definition) is 0. The molecule has 0 aliphatic heterocycles. The molecule has 0 N–H and O–H groups in total. The standard InChI is InChI=1S/C42H61N5O9Si/c1-25-43-32-28(30-22-27-21-26(24-52-57(17,18)42(14,15)16)19-20-29(27)46(30)35(49)54-39(5,6)7)23-31(44-33(32)45(25)34(48)53-38(2,3)4)47(36(50)55-40(8,9)10)37(51)56-41(11,12)13/h19-23H,24H2,1-18H3. The number of rotatable bonds is 5. The van der Waals surface area contributed by atoms with Crippen molar-refractivity contribution in [3.05, 3.63) is 41.7 Å². The summed E-state index contributed by atoms with van der Waals surface area (Å²) >= 11 is 0. The predicted molar refractivity (Wildman–Crippen MR) is 223 cm³/mol. The van der Waals surface area contributed by atoms with E-state index in [0.717, 1.165) is 10.1 Å². The Bertz CT molecular complexity index is 2170. The summed E-state index contributed by atoms with van der Waals surface area (Å²) in [7, 11) is -2.10. The number of imide groups is 1. The highest BCUT2D eigenvalue weighted by Gasteiger charge is 2.38. The van der Waals surface area contributed by atoms with E-state index in [1.807, 2.05) is 18.2 Å². The van der Waals surface area contributed by atoms with Gasteiger partial charge in [-0.2, -0.15) is 4.90 Å². The molecule has 3 aromatic heterocycles. The maximum atomic E-state index is 14.3. The number of anilines is 1. The summed E-state index contributed by atoms with van der Waals surface area (Å²) < 4.78 is 32.2. The van der Waals surface area contributed by atoms with Crippen molar-refractivity contribution in [3.8, 4) is 11.3 Å². The Labute approximate surface area is 337 Å². The lowest BCUT2D eigenvalue weighted by atomic mass is 10.1. The number of hydrogen-bond acceptors (Lipinski definition) is 11. The normalized spacial score (nSPS) is 13.2. The molecule has 14 nitrogen and oxygen atoms in total. The number of carbonyl (C=O) groups excluding carboxylic acids is 4. The van der Waals surface area contributed by atoms with Crippen molar-refractivity contribution in [1.82, 2.24) is 19.1 Å². The van der Waals surface area contributed by atoms with E-state index in [4.69, 9.17) is 33.3 Å². The molecule has 0 aliphatic carbocycles. The zero-order valence-corrected chi connectivity index (χ0v) is 38.0. The number of nitrogens with zero attached hydrogens (tertiary/aromatic N) is 5. The van der Waals surface area contributed by atoms with Gasteiger partial charge in [-0.3, -0.25) is 0 Å². The smallest absolute Gasteiger partial charge is 0.425 e. The van der Waals surface area contributed by atoms with E-state index in [9.17, 15) is 19.2 Å². The molecule has 0 bridgehead atoms. The van der Waals surface area contributed by atoms with Crippen LogP contribution in [0.5, 0.6) is 0 Å². The minimum Gasteiger partial charge on any atom is -0.443 e. The quantitative estimate of drug-likeness (QED) is 0.140. The van der Waals surface area contributed by atoms with E-state index in [-0.39, 0.29) is 39.1 Å². The molecule has 2 amide bonds. The molecular formula is C42H61N5O9Si. The van der Waals surface area contributed by atoms with Gasteiger partial charge in [0.2, 0.25) is 0 Å². The zero-order chi connectivity index (χ0) is 43.4. The summed E-state index contributed by atoms with van der Waals surface area (Å²) in [4.78, 5) is 66.1. The Morgan fingerprint density at radius 1 is 0.667 bits per heavy atom. The largest absolute Gasteiger partial charge is 0.443 e. The van der Waals surface area contributed by atoms with Gasteiger partial charge in [-0.1, -0.05) is 26.8 Å². The Morgan fingerprint density at radius 2 is 1.16 bits per heavy atom. The van der Waals surface area contributed by atoms with Gasteiger partial charge in [0, 0.05) is 10.9 Å². The SMILES string of the molecule is Cc1nc2c(-c3cc4cc(CO[Si](C)(C)C(C)(C)C)ccc4n3C(=O)OC(C)(C)C)cc(N(C(=O)OC(C)(C)C)C(=O)OC(C)(C)C)nc2n1C(=O)OC(C)(C)C. The highest BCUT2D eigenvalue weighted by atomic mass is 28.4. The summed E-state index contributed by atoms with van der Waals surface area (Å²) in [6, 6.07) is 8.91. The monoisotopic (exact) mass is 807 g/mol. The lowest BCUT2D eigenvalue weighted by Gasteiger charge is -2.36. The third-order valence-corrected chi connectivity index (χ3v) is 13.3. The molecule has 0 unspecified atom stereocenters. The van der Waals surface area contributed by atoms with E-state index in [1.165, 1.54) is 10.6 Å². The second-order valence-electron chi connectivity index (χ2n) is 19.8. The molecule has 0 radical (unpaired) electrons. The van der Waals surface area contributed by atoms with Crippen LogP contribution < -0.4 is 4.90 Å². The van der Waals surface area contributed by atoms with Crippen molar-refractivity contribution in [2.75, 3.05) is 4.90 Å². The molecule has 0 saturated carbocycles. The molecule has 3 heterocycles. The number of aromatic nitrogens is 4. The lowest BCUT2D eigenvalue weighted by Crippen LogP contribution is -2.44. The van der Waals surface area contributed by atoms with Gasteiger partial charge in [0.25, 0.3) is 0 Å². The number of pyridine rings is 1. The molecule has 312 valence electrons. The first-order valence-corrected chi connectivity index (χ1v) is 22.0. The van der Waals surface area contributed by atoms with Gasteiger partial charge < -0.3 is 23.4 Å². The van der Waals surface area contributed by atoms with Crippen molar-refractivity contribution in [1.29, 1.82) is 0 Å². The van der Waals surface area contributed by atoms with Crippen LogP contribution in [0.3, 0.4) is 0 Å². The molecule has 57 heavy (non-hydrogen) atoms. The van der Waals surface area contributed by atoms with E-state index in [2.05, 4.69) is 33.9 Å². The molecule has 0 aliphatic rings. The number of ether oxygens (including phenoxy) is 4. The van der Waals surface area contributed by atoms with Crippen molar-refractivity contribution >= 4 is 60.6 Å². The van der Waals surface area contributed by atoms with Gasteiger partial charge in [0.05, 0.1) is 17.8 Å². The Morgan fingerprint density at radius 3 is 1.63 bits per heavy atom. The van der Waals surface area contributed by atoms with Crippen LogP contribution in [-0.4, -0.2) is 74.2 Å². The highest BCUT2D eigenvalue weighted by molar-refractivity contribution is 6.74. The van der Waals surface area contributed by atoms with Gasteiger partial charge in [-0.05, 0) is 138 Å². The fourth-order valence-corrected chi connectivity index (χ4v) is 6.35. The minimum absolute atomic E-state index is 0.00205. The first-order chi connectivity index (χ1) is 25.7. The van der Waals surface area contributed by atoms with Crippen LogP contribution in [0.25, 0.3) is 33.3 Å². The first-order valence-electron chi connectivity index (χ1n) is 19.1. The molecule has 1 aromatic carbocycles. The lowest BCUT2D eigenvalue weighted by molar-refractivity contribution is 0.0425. The zero-order valence-electron chi connectivity index (χ0n) is 37.0. The van der Waals surface area contributed by atoms with Gasteiger partial charge >= 0.3 is 24.4 Å². The number of carbonyl (C=O) groups is 4. The van der Waals surface area contributed by atoms with Crippen molar-refractivity contribution < 1.29 is 42.6 Å². The summed E-state index contributed by atoms with van der Waals surface area (Å²) in [6.07, 6.45) is -3.63. The number of amides is 2. The van der Waals surface area contributed by atoms with Crippen molar-refractivity contribution in [2.24, 2.45) is 0 Å². The second-order valence-corrected chi connectivity index (χ2v) is 24.6.